The van der Waals surface area contributed by atoms with Gasteiger partial charge in [0.2, 0.25) is 0 Å². The first kappa shape index (κ1) is 20.6. The Morgan fingerprint density at radius 3 is 2.22 bits per heavy atom. The topological polar surface area (TPSA) is 27.1 Å². The smallest absolute Gasteiger partial charge is 0.0946 e. The predicted octanol–water partition coefficient (Wildman–Crippen LogP) is 5.55. The fourth-order valence-corrected chi connectivity index (χ4v) is 3.81. The Hall–Kier alpha value is -0.480. The number of nitrogens with zero attached hydrogens (tertiary/aromatic N) is 2. The molecule has 0 spiro atoms. The number of unbranched alkanes of at least 4 members (excludes halogenated alkanes) is 9. The molecular weight excluding hydrogens is 304 g/mol. The second-order valence-corrected chi connectivity index (χ2v) is 7.52. The van der Waals surface area contributed by atoms with Gasteiger partial charge in [-0.2, -0.15) is 11.8 Å². The molecular formula is C19H36N2OS. The van der Waals surface area contributed by atoms with Crippen LogP contribution in [-0.2, 0) is 11.3 Å². The highest BCUT2D eigenvalue weighted by atomic mass is 32.2. The van der Waals surface area contributed by atoms with Crippen molar-refractivity contribution in [2.45, 2.75) is 83.8 Å². The lowest BCUT2D eigenvalue weighted by atomic mass is 10.1. The van der Waals surface area contributed by atoms with E-state index in [1.54, 1.807) is 0 Å². The maximum absolute atomic E-state index is 5.55. The zero-order chi connectivity index (χ0) is 16.6. The Morgan fingerprint density at radius 2 is 1.65 bits per heavy atom. The van der Waals surface area contributed by atoms with Crippen molar-refractivity contribution in [1.82, 2.24) is 9.55 Å². The molecule has 1 aromatic rings. The molecule has 1 unspecified atom stereocenters. The minimum absolute atomic E-state index is 0.289. The summed E-state index contributed by atoms with van der Waals surface area (Å²) >= 11 is 2.03. The molecule has 0 amide bonds. The van der Waals surface area contributed by atoms with Crippen LogP contribution in [0.1, 0.15) is 71.1 Å². The molecule has 1 aromatic heterocycles. The van der Waals surface area contributed by atoms with Crippen LogP contribution in [0.3, 0.4) is 0 Å². The van der Waals surface area contributed by atoms with E-state index >= 15 is 0 Å². The number of ether oxygens (including phenoxy) is 1. The van der Waals surface area contributed by atoms with Crippen LogP contribution in [0.4, 0.5) is 0 Å². The lowest BCUT2D eigenvalue weighted by Gasteiger charge is -2.15. The molecule has 4 heteroatoms. The zero-order valence-electron chi connectivity index (χ0n) is 15.2. The van der Waals surface area contributed by atoms with Crippen LogP contribution < -0.4 is 0 Å². The quantitative estimate of drug-likeness (QED) is 0.369. The average Bonchev–Trinajstić information content (AvgIpc) is 3.07. The van der Waals surface area contributed by atoms with Gasteiger partial charge in [-0.05, 0) is 12.2 Å². The summed E-state index contributed by atoms with van der Waals surface area (Å²) in [6.45, 7) is 3.19. The summed E-state index contributed by atoms with van der Waals surface area (Å²) in [7, 11) is 1.81. The molecule has 1 rings (SSSR count). The minimum Gasteiger partial charge on any atom is -0.379 e. The van der Waals surface area contributed by atoms with Gasteiger partial charge in [-0.15, -0.1) is 0 Å². The molecule has 0 radical (unpaired) electrons. The average molecular weight is 341 g/mol. The highest BCUT2D eigenvalue weighted by molar-refractivity contribution is 7.99. The summed E-state index contributed by atoms with van der Waals surface area (Å²) in [5, 5.41) is 0. The third-order valence-electron chi connectivity index (χ3n) is 4.25. The van der Waals surface area contributed by atoms with E-state index in [1.807, 2.05) is 37.6 Å². The predicted molar refractivity (Wildman–Crippen MR) is 102 cm³/mol. The number of thioether (sulfide) groups is 1. The van der Waals surface area contributed by atoms with E-state index < -0.39 is 0 Å². The van der Waals surface area contributed by atoms with E-state index in [-0.39, 0.29) is 6.10 Å². The molecule has 134 valence electrons. The Labute approximate surface area is 147 Å². The first-order valence-electron chi connectivity index (χ1n) is 9.43. The number of aromatic nitrogens is 2. The molecule has 1 heterocycles. The fourth-order valence-electron chi connectivity index (χ4n) is 2.73. The van der Waals surface area contributed by atoms with Crippen LogP contribution in [0.2, 0.25) is 0 Å². The summed E-state index contributed by atoms with van der Waals surface area (Å²) in [5.41, 5.74) is 0. The Kier molecular flexibility index (Phi) is 13.5. The lowest BCUT2D eigenvalue weighted by molar-refractivity contribution is 0.107. The van der Waals surface area contributed by atoms with E-state index in [0.717, 1.165) is 12.3 Å². The van der Waals surface area contributed by atoms with Gasteiger partial charge in [0.1, 0.15) is 0 Å². The van der Waals surface area contributed by atoms with E-state index in [9.17, 15) is 0 Å². The van der Waals surface area contributed by atoms with Crippen molar-refractivity contribution >= 4 is 11.8 Å². The second-order valence-electron chi connectivity index (χ2n) is 6.37. The lowest BCUT2D eigenvalue weighted by Crippen LogP contribution is -2.20. The minimum atomic E-state index is 0.289. The third-order valence-corrected chi connectivity index (χ3v) is 5.44. The van der Waals surface area contributed by atoms with Gasteiger partial charge < -0.3 is 9.30 Å². The maximum Gasteiger partial charge on any atom is 0.0946 e. The standard InChI is InChI=1S/C19H36N2OS/c1-3-4-5-6-7-8-9-10-11-12-15-23-17-19(22-2)16-21-14-13-20-18-21/h13-14,18-19H,3-12,15-17H2,1-2H3. The zero-order valence-corrected chi connectivity index (χ0v) is 16.0. The number of methoxy groups -OCH3 is 1. The van der Waals surface area contributed by atoms with Crippen LogP contribution in [0.15, 0.2) is 18.7 Å². The Bertz CT molecular complexity index is 343. The van der Waals surface area contributed by atoms with E-state index in [4.69, 9.17) is 4.74 Å². The van der Waals surface area contributed by atoms with Crippen molar-refractivity contribution < 1.29 is 4.74 Å². The van der Waals surface area contributed by atoms with Crippen molar-refractivity contribution in [3.05, 3.63) is 18.7 Å². The monoisotopic (exact) mass is 340 g/mol. The SMILES string of the molecule is CCCCCCCCCCCCSCC(Cn1ccnc1)OC. The molecule has 0 aromatic carbocycles. The maximum atomic E-state index is 5.55. The molecule has 0 aliphatic heterocycles. The van der Waals surface area contributed by atoms with E-state index in [0.29, 0.717) is 0 Å². The van der Waals surface area contributed by atoms with Crippen LogP contribution >= 0.6 is 11.8 Å². The van der Waals surface area contributed by atoms with Crippen molar-refractivity contribution in [2.24, 2.45) is 0 Å². The van der Waals surface area contributed by atoms with Crippen LogP contribution in [0.5, 0.6) is 0 Å². The molecule has 23 heavy (non-hydrogen) atoms. The van der Waals surface area contributed by atoms with E-state index in [2.05, 4.69) is 16.5 Å². The Balaban J connectivity index is 1.85. The number of rotatable bonds is 16. The number of imidazole rings is 1. The van der Waals surface area contributed by atoms with Gasteiger partial charge in [-0.1, -0.05) is 64.7 Å². The van der Waals surface area contributed by atoms with Gasteiger partial charge in [-0.3, -0.25) is 0 Å². The highest BCUT2D eigenvalue weighted by Crippen LogP contribution is 2.14. The summed E-state index contributed by atoms with van der Waals surface area (Å²) < 4.78 is 7.65. The van der Waals surface area contributed by atoms with Gasteiger partial charge in [0.25, 0.3) is 0 Å². The first-order valence-corrected chi connectivity index (χ1v) is 10.6. The Morgan fingerprint density at radius 1 is 1.00 bits per heavy atom. The molecule has 0 aliphatic rings. The molecule has 0 saturated carbocycles. The van der Waals surface area contributed by atoms with Crippen molar-refractivity contribution in [1.29, 1.82) is 0 Å². The first-order chi connectivity index (χ1) is 11.4. The molecule has 0 aliphatic carbocycles. The van der Waals surface area contributed by atoms with E-state index in [1.165, 1.54) is 70.0 Å². The molecule has 0 fully saturated rings. The number of hydrogen-bond donors (Lipinski definition) is 0. The summed E-state index contributed by atoms with van der Waals surface area (Å²) in [5.74, 6) is 2.34. The van der Waals surface area contributed by atoms with Gasteiger partial charge in [0, 0.05) is 25.3 Å². The largest absolute Gasteiger partial charge is 0.379 e. The van der Waals surface area contributed by atoms with Gasteiger partial charge in [0.05, 0.1) is 19.0 Å². The van der Waals surface area contributed by atoms with Crippen LogP contribution in [0.25, 0.3) is 0 Å². The van der Waals surface area contributed by atoms with Crippen molar-refractivity contribution in [3.8, 4) is 0 Å². The van der Waals surface area contributed by atoms with Crippen LogP contribution in [-0.4, -0.2) is 34.3 Å². The fraction of sp³-hybridized carbons (Fsp3) is 0.842. The third kappa shape index (κ3) is 11.7. The molecule has 0 saturated heterocycles. The van der Waals surface area contributed by atoms with Crippen molar-refractivity contribution in [3.63, 3.8) is 0 Å². The normalized spacial score (nSPS) is 12.6. The van der Waals surface area contributed by atoms with Crippen LogP contribution in [0, 0.1) is 0 Å². The van der Waals surface area contributed by atoms with Crippen molar-refractivity contribution in [2.75, 3.05) is 18.6 Å². The van der Waals surface area contributed by atoms with Gasteiger partial charge in [0.15, 0.2) is 0 Å². The summed E-state index contributed by atoms with van der Waals surface area (Å²) in [4.78, 5) is 4.08. The molecule has 1 atom stereocenters. The molecule has 0 bridgehead atoms. The number of hydrogen-bond acceptors (Lipinski definition) is 3. The molecule has 3 nitrogen and oxygen atoms in total. The summed E-state index contributed by atoms with van der Waals surface area (Å²) in [6.07, 6.45) is 20.1. The second kappa shape index (κ2) is 15.1. The van der Waals surface area contributed by atoms with Gasteiger partial charge in [-0.25, -0.2) is 4.98 Å². The van der Waals surface area contributed by atoms with Gasteiger partial charge >= 0.3 is 0 Å². The highest BCUT2D eigenvalue weighted by Gasteiger charge is 2.07. The molecule has 0 N–H and O–H groups in total. The summed E-state index contributed by atoms with van der Waals surface area (Å²) in [6, 6.07) is 0.